The summed E-state index contributed by atoms with van der Waals surface area (Å²) in [6.07, 6.45) is 0. The van der Waals surface area contributed by atoms with Crippen LogP contribution in [0.25, 0.3) is 0 Å². The van der Waals surface area contributed by atoms with E-state index in [1.54, 1.807) is 78.9 Å². The van der Waals surface area contributed by atoms with Gasteiger partial charge in [0, 0.05) is 6.07 Å². The molecule has 0 atom stereocenters. The molecule has 0 fully saturated rings. The Labute approximate surface area is 240 Å². The van der Waals surface area contributed by atoms with Crippen LogP contribution < -0.4 is 18.9 Å². The highest BCUT2D eigenvalue weighted by atomic mass is 16.6. The van der Waals surface area contributed by atoms with E-state index >= 15 is 0 Å². The van der Waals surface area contributed by atoms with Gasteiger partial charge in [-0.1, -0.05) is 42.5 Å². The van der Waals surface area contributed by atoms with Gasteiger partial charge in [-0.3, -0.25) is 0 Å². The van der Waals surface area contributed by atoms with Crippen molar-refractivity contribution >= 4 is 23.9 Å². The summed E-state index contributed by atoms with van der Waals surface area (Å²) in [5.41, 5.74) is 1.26. The minimum absolute atomic E-state index is 0.160. The van der Waals surface area contributed by atoms with Crippen molar-refractivity contribution in [1.29, 1.82) is 0 Å². The number of hydrogen-bond acceptors (Lipinski definition) is 8. The Hall–Kier alpha value is -6.02. The van der Waals surface area contributed by atoms with Crippen LogP contribution in [0, 0.1) is 0 Å². The lowest BCUT2D eigenvalue weighted by atomic mass is 10.2. The van der Waals surface area contributed by atoms with Gasteiger partial charge in [-0.15, -0.1) is 0 Å². The highest BCUT2D eigenvalue weighted by molar-refractivity contribution is 5.94. The molecule has 0 amide bonds. The van der Waals surface area contributed by atoms with E-state index in [1.165, 1.54) is 54.6 Å². The van der Waals surface area contributed by atoms with Gasteiger partial charge in [0.15, 0.2) is 0 Å². The molecule has 5 aromatic carbocycles. The van der Waals surface area contributed by atoms with Gasteiger partial charge in [-0.05, 0) is 84.9 Å². The topological polar surface area (TPSA) is 105 Å². The third kappa shape index (κ3) is 7.13. The van der Waals surface area contributed by atoms with Crippen molar-refractivity contribution in [2.24, 2.45) is 0 Å². The maximum absolute atomic E-state index is 12.6. The summed E-state index contributed by atoms with van der Waals surface area (Å²) in [6.45, 7) is 0. The Balaban J connectivity index is 1.16. The Morgan fingerprint density at radius 2 is 0.619 bits per heavy atom. The van der Waals surface area contributed by atoms with Crippen molar-refractivity contribution < 1.29 is 38.1 Å². The van der Waals surface area contributed by atoms with E-state index in [-0.39, 0.29) is 34.1 Å². The van der Waals surface area contributed by atoms with E-state index < -0.39 is 23.9 Å². The lowest BCUT2D eigenvalue weighted by Gasteiger charge is -2.09. The number of hydrogen-bond donors (Lipinski definition) is 0. The van der Waals surface area contributed by atoms with E-state index in [9.17, 15) is 19.2 Å². The smallest absolute Gasteiger partial charge is 0.343 e. The number of ether oxygens (including phenoxy) is 4. The predicted octanol–water partition coefficient (Wildman–Crippen LogP) is 6.56. The first-order chi connectivity index (χ1) is 20.4. The van der Waals surface area contributed by atoms with Crippen LogP contribution in [-0.2, 0) is 0 Å². The molecular formula is C34H22O8. The molecule has 0 bridgehead atoms. The fourth-order valence-electron chi connectivity index (χ4n) is 3.73. The number of benzene rings is 5. The molecule has 0 aliphatic rings. The van der Waals surface area contributed by atoms with Gasteiger partial charge < -0.3 is 18.9 Å². The molecule has 0 unspecified atom stereocenters. The second-order valence-electron chi connectivity index (χ2n) is 8.81. The van der Waals surface area contributed by atoms with Crippen molar-refractivity contribution in [1.82, 2.24) is 0 Å². The highest BCUT2D eigenvalue weighted by Gasteiger charge is 2.14. The Morgan fingerprint density at radius 1 is 0.310 bits per heavy atom. The quantitative estimate of drug-likeness (QED) is 0.156. The fourth-order valence-corrected chi connectivity index (χ4v) is 3.73. The molecule has 206 valence electrons. The molecule has 0 radical (unpaired) electrons. The zero-order valence-electron chi connectivity index (χ0n) is 22.0. The zero-order chi connectivity index (χ0) is 29.3. The fraction of sp³-hybridized carbons (Fsp3) is 0. The summed E-state index contributed by atoms with van der Waals surface area (Å²) >= 11 is 0. The van der Waals surface area contributed by atoms with E-state index in [0.717, 1.165) is 0 Å². The van der Waals surface area contributed by atoms with E-state index in [0.29, 0.717) is 11.1 Å². The highest BCUT2D eigenvalue weighted by Crippen LogP contribution is 2.23. The SMILES string of the molecule is O=C(Oc1ccc(C(=O)Oc2cccc(OC(=O)c3ccc(OC(=O)c4ccccc4)cc3)c2)cc1)c1ccccc1. The minimum atomic E-state index is -0.653. The molecule has 0 heterocycles. The molecule has 0 spiro atoms. The first-order valence-electron chi connectivity index (χ1n) is 12.7. The van der Waals surface area contributed by atoms with Gasteiger partial charge in [-0.25, -0.2) is 19.2 Å². The third-order valence-electron chi connectivity index (χ3n) is 5.85. The van der Waals surface area contributed by atoms with E-state index in [1.807, 2.05) is 0 Å². The van der Waals surface area contributed by atoms with Crippen molar-refractivity contribution in [2.45, 2.75) is 0 Å². The minimum Gasteiger partial charge on any atom is -0.423 e. The Kier molecular flexibility index (Phi) is 8.45. The molecule has 5 rings (SSSR count). The first-order valence-corrected chi connectivity index (χ1v) is 12.7. The number of esters is 4. The van der Waals surface area contributed by atoms with Gasteiger partial charge in [0.2, 0.25) is 0 Å². The van der Waals surface area contributed by atoms with Crippen LogP contribution in [-0.4, -0.2) is 23.9 Å². The number of rotatable bonds is 8. The molecule has 0 saturated carbocycles. The molecule has 8 heteroatoms. The average molecular weight is 559 g/mol. The lowest BCUT2D eigenvalue weighted by molar-refractivity contribution is 0.0723. The molecular weight excluding hydrogens is 536 g/mol. The average Bonchev–Trinajstić information content (AvgIpc) is 3.02. The molecule has 0 N–H and O–H groups in total. The molecule has 42 heavy (non-hydrogen) atoms. The molecule has 8 nitrogen and oxygen atoms in total. The van der Waals surface area contributed by atoms with Crippen LogP contribution in [0.1, 0.15) is 41.4 Å². The summed E-state index contributed by atoms with van der Waals surface area (Å²) in [5, 5.41) is 0. The molecule has 0 saturated heterocycles. The normalized spacial score (nSPS) is 10.3. The predicted molar refractivity (Wildman–Crippen MR) is 152 cm³/mol. The van der Waals surface area contributed by atoms with Gasteiger partial charge in [0.25, 0.3) is 0 Å². The Morgan fingerprint density at radius 3 is 0.976 bits per heavy atom. The van der Waals surface area contributed by atoms with Gasteiger partial charge >= 0.3 is 23.9 Å². The van der Waals surface area contributed by atoms with Crippen LogP contribution >= 0.6 is 0 Å². The van der Waals surface area contributed by atoms with Crippen molar-refractivity contribution in [3.63, 3.8) is 0 Å². The van der Waals surface area contributed by atoms with Gasteiger partial charge in [-0.2, -0.15) is 0 Å². The van der Waals surface area contributed by atoms with Crippen LogP contribution in [0.3, 0.4) is 0 Å². The second kappa shape index (κ2) is 12.9. The summed E-state index contributed by atoms with van der Waals surface area (Å²) < 4.78 is 21.5. The summed E-state index contributed by atoms with van der Waals surface area (Å²) in [6, 6.07) is 35.0. The summed E-state index contributed by atoms with van der Waals surface area (Å²) in [7, 11) is 0. The van der Waals surface area contributed by atoms with Crippen molar-refractivity contribution in [2.75, 3.05) is 0 Å². The molecule has 0 aliphatic heterocycles. The molecule has 0 aliphatic carbocycles. The molecule has 0 aromatic heterocycles. The zero-order valence-corrected chi connectivity index (χ0v) is 22.0. The van der Waals surface area contributed by atoms with Crippen LogP contribution in [0.15, 0.2) is 133 Å². The van der Waals surface area contributed by atoms with E-state index in [2.05, 4.69) is 0 Å². The Bertz CT molecular complexity index is 1590. The summed E-state index contributed by atoms with van der Waals surface area (Å²) in [5.74, 6) is -1.46. The van der Waals surface area contributed by atoms with Gasteiger partial charge in [0.1, 0.15) is 23.0 Å². The largest absolute Gasteiger partial charge is 0.423 e. The number of carbonyl (C=O) groups is 4. The lowest BCUT2D eigenvalue weighted by Crippen LogP contribution is -2.11. The maximum atomic E-state index is 12.6. The van der Waals surface area contributed by atoms with Gasteiger partial charge in [0.05, 0.1) is 22.3 Å². The van der Waals surface area contributed by atoms with Crippen LogP contribution in [0.5, 0.6) is 23.0 Å². The second-order valence-corrected chi connectivity index (χ2v) is 8.81. The maximum Gasteiger partial charge on any atom is 0.343 e. The standard InChI is InChI=1S/C34H22O8/c35-31(23-8-3-1-4-9-23)39-27-18-14-25(15-19-27)33(37)41-29-12-7-13-30(22-29)42-34(38)26-16-20-28(21-17-26)40-32(36)24-10-5-2-6-11-24/h1-22H. The molecule has 5 aromatic rings. The first kappa shape index (κ1) is 27.5. The summed E-state index contributed by atoms with van der Waals surface area (Å²) in [4.78, 5) is 49.7. The van der Waals surface area contributed by atoms with Crippen molar-refractivity contribution in [3.8, 4) is 23.0 Å². The third-order valence-corrected chi connectivity index (χ3v) is 5.85. The monoisotopic (exact) mass is 558 g/mol. The number of carbonyl (C=O) groups excluding carboxylic acids is 4. The van der Waals surface area contributed by atoms with E-state index in [4.69, 9.17) is 18.9 Å². The van der Waals surface area contributed by atoms with Crippen LogP contribution in [0.2, 0.25) is 0 Å². The van der Waals surface area contributed by atoms with Crippen LogP contribution in [0.4, 0.5) is 0 Å². The van der Waals surface area contributed by atoms with Crippen molar-refractivity contribution in [3.05, 3.63) is 156 Å².